The first-order chi connectivity index (χ1) is 8.91. The second-order valence-corrected chi connectivity index (χ2v) is 4.93. The second kappa shape index (κ2) is 5.10. The van der Waals surface area contributed by atoms with Gasteiger partial charge in [-0.1, -0.05) is 24.3 Å². The molecule has 0 heterocycles. The van der Waals surface area contributed by atoms with E-state index >= 15 is 0 Å². The van der Waals surface area contributed by atoms with E-state index in [1.807, 2.05) is 13.0 Å². The third-order valence-electron chi connectivity index (χ3n) is 3.35. The highest BCUT2D eigenvalue weighted by Crippen LogP contribution is 2.28. The molecule has 19 heavy (non-hydrogen) atoms. The molecule has 0 saturated heterocycles. The summed E-state index contributed by atoms with van der Waals surface area (Å²) < 4.78 is 28.2. The number of benzene rings is 2. The Morgan fingerprint density at radius 1 is 1.00 bits per heavy atom. The number of nitrogens with two attached hydrogens (primary N) is 1. The summed E-state index contributed by atoms with van der Waals surface area (Å²) in [6.07, 6.45) is 0. The quantitative estimate of drug-likeness (QED) is 0.870. The van der Waals surface area contributed by atoms with Crippen LogP contribution in [0, 0.1) is 32.4 Å². The van der Waals surface area contributed by atoms with Gasteiger partial charge in [-0.2, -0.15) is 0 Å². The van der Waals surface area contributed by atoms with Crippen LogP contribution < -0.4 is 5.73 Å². The fraction of sp³-hybridized carbons (Fsp3) is 0.250. The summed E-state index contributed by atoms with van der Waals surface area (Å²) in [5.41, 5.74) is 8.82. The van der Waals surface area contributed by atoms with E-state index < -0.39 is 6.04 Å². The first-order valence-electron chi connectivity index (χ1n) is 6.19. The van der Waals surface area contributed by atoms with Gasteiger partial charge in [0.05, 0.1) is 6.04 Å². The normalized spacial score (nSPS) is 12.5. The molecule has 2 N–H and O–H groups in total. The number of aryl methyl sites for hydroxylation is 3. The highest BCUT2D eigenvalue weighted by molar-refractivity contribution is 5.41. The smallest absolute Gasteiger partial charge is 0.131 e. The van der Waals surface area contributed by atoms with Crippen LogP contribution in [0.5, 0.6) is 0 Å². The molecule has 1 unspecified atom stereocenters. The van der Waals surface area contributed by atoms with Gasteiger partial charge in [-0.3, -0.25) is 0 Å². The summed E-state index contributed by atoms with van der Waals surface area (Å²) in [4.78, 5) is 0. The molecule has 0 fully saturated rings. The molecule has 0 aromatic heterocycles. The van der Waals surface area contributed by atoms with Gasteiger partial charge < -0.3 is 5.73 Å². The minimum Gasteiger partial charge on any atom is -0.320 e. The molecule has 0 aliphatic heterocycles. The predicted molar refractivity (Wildman–Crippen MR) is 73.0 cm³/mol. The van der Waals surface area contributed by atoms with E-state index in [1.54, 1.807) is 32.0 Å². The van der Waals surface area contributed by atoms with E-state index in [0.717, 1.165) is 11.1 Å². The Bertz CT molecular complexity index is 597. The Hall–Kier alpha value is -1.74. The van der Waals surface area contributed by atoms with Crippen LogP contribution in [0.1, 0.15) is 33.9 Å². The second-order valence-electron chi connectivity index (χ2n) is 4.93. The molecule has 0 spiro atoms. The van der Waals surface area contributed by atoms with Crippen LogP contribution in [0.3, 0.4) is 0 Å². The van der Waals surface area contributed by atoms with Crippen LogP contribution in [0.25, 0.3) is 0 Å². The number of hydrogen-bond donors (Lipinski definition) is 1. The molecule has 0 aliphatic carbocycles. The lowest BCUT2D eigenvalue weighted by Gasteiger charge is -2.18. The largest absolute Gasteiger partial charge is 0.320 e. The minimum atomic E-state index is -0.791. The van der Waals surface area contributed by atoms with E-state index in [0.29, 0.717) is 16.7 Å². The zero-order valence-electron chi connectivity index (χ0n) is 11.3. The van der Waals surface area contributed by atoms with Gasteiger partial charge in [-0.05, 0) is 43.5 Å². The highest BCUT2D eigenvalue weighted by Gasteiger charge is 2.20. The van der Waals surface area contributed by atoms with Crippen LogP contribution in [-0.2, 0) is 0 Å². The summed E-state index contributed by atoms with van der Waals surface area (Å²) >= 11 is 0. The molecule has 1 atom stereocenters. The molecule has 0 amide bonds. The molecule has 0 radical (unpaired) electrons. The minimum absolute atomic E-state index is 0.325. The van der Waals surface area contributed by atoms with E-state index in [-0.39, 0.29) is 11.6 Å². The summed E-state index contributed by atoms with van der Waals surface area (Å²) in [6, 6.07) is 7.49. The fourth-order valence-corrected chi connectivity index (χ4v) is 2.39. The van der Waals surface area contributed by atoms with Crippen molar-refractivity contribution in [2.24, 2.45) is 5.73 Å². The molecule has 0 aliphatic rings. The molecule has 3 heteroatoms. The van der Waals surface area contributed by atoms with Gasteiger partial charge in [0.1, 0.15) is 11.6 Å². The summed E-state index contributed by atoms with van der Waals surface area (Å²) in [5, 5.41) is 0. The van der Waals surface area contributed by atoms with Crippen molar-refractivity contribution in [3.8, 4) is 0 Å². The van der Waals surface area contributed by atoms with Crippen molar-refractivity contribution >= 4 is 0 Å². The van der Waals surface area contributed by atoms with E-state index in [2.05, 4.69) is 0 Å². The third-order valence-corrected chi connectivity index (χ3v) is 3.35. The molecule has 1 nitrogen and oxygen atoms in total. The topological polar surface area (TPSA) is 26.0 Å². The van der Waals surface area contributed by atoms with Gasteiger partial charge in [-0.25, -0.2) is 8.78 Å². The summed E-state index contributed by atoms with van der Waals surface area (Å²) in [5.74, 6) is -0.750. The maximum Gasteiger partial charge on any atom is 0.131 e. The standard InChI is InChI=1S/C16H17F2N/c1-9-7-11(3)14(13(17)8-9)16(19)12-6-4-5-10(2)15(12)18/h4-8,16H,19H2,1-3H3. The van der Waals surface area contributed by atoms with Crippen molar-refractivity contribution in [2.45, 2.75) is 26.8 Å². The van der Waals surface area contributed by atoms with E-state index in [1.165, 1.54) is 6.07 Å². The molecule has 0 bridgehead atoms. The third kappa shape index (κ3) is 2.51. The van der Waals surface area contributed by atoms with Crippen LogP contribution in [-0.4, -0.2) is 0 Å². The highest BCUT2D eigenvalue weighted by atomic mass is 19.1. The van der Waals surface area contributed by atoms with Gasteiger partial charge in [0.2, 0.25) is 0 Å². The first kappa shape index (κ1) is 13.7. The summed E-state index contributed by atoms with van der Waals surface area (Å²) in [7, 11) is 0. The average Bonchev–Trinajstić information content (AvgIpc) is 2.31. The molecular formula is C16H17F2N. The molecule has 2 aromatic carbocycles. The van der Waals surface area contributed by atoms with Gasteiger partial charge in [0, 0.05) is 11.1 Å². The van der Waals surface area contributed by atoms with Gasteiger partial charge in [-0.15, -0.1) is 0 Å². The van der Waals surface area contributed by atoms with Crippen molar-refractivity contribution in [1.82, 2.24) is 0 Å². The van der Waals surface area contributed by atoms with Crippen molar-refractivity contribution in [1.29, 1.82) is 0 Å². The van der Waals surface area contributed by atoms with Crippen molar-refractivity contribution in [3.63, 3.8) is 0 Å². The van der Waals surface area contributed by atoms with Crippen LogP contribution >= 0.6 is 0 Å². The van der Waals surface area contributed by atoms with Crippen LogP contribution in [0.2, 0.25) is 0 Å². The predicted octanol–water partition coefficient (Wildman–Crippen LogP) is 3.94. The van der Waals surface area contributed by atoms with Crippen LogP contribution in [0.4, 0.5) is 8.78 Å². The molecule has 2 aromatic rings. The van der Waals surface area contributed by atoms with Crippen molar-refractivity contribution in [2.75, 3.05) is 0 Å². The maximum absolute atomic E-state index is 14.1. The Morgan fingerprint density at radius 2 is 1.68 bits per heavy atom. The molecule has 0 saturated carbocycles. The maximum atomic E-state index is 14.1. The van der Waals surface area contributed by atoms with E-state index in [4.69, 9.17) is 5.73 Å². The molecule has 2 rings (SSSR count). The SMILES string of the molecule is Cc1cc(C)c(C(N)c2cccc(C)c2F)c(F)c1. The number of hydrogen-bond acceptors (Lipinski definition) is 1. The van der Waals surface area contributed by atoms with E-state index in [9.17, 15) is 8.78 Å². The molecule has 100 valence electrons. The van der Waals surface area contributed by atoms with Gasteiger partial charge in [0.25, 0.3) is 0 Å². The lowest BCUT2D eigenvalue weighted by atomic mass is 9.93. The number of rotatable bonds is 2. The van der Waals surface area contributed by atoms with Crippen molar-refractivity contribution < 1.29 is 8.78 Å². The molecular weight excluding hydrogens is 244 g/mol. The Labute approximate surface area is 112 Å². The van der Waals surface area contributed by atoms with Crippen molar-refractivity contribution in [3.05, 3.63) is 69.8 Å². The Morgan fingerprint density at radius 3 is 2.32 bits per heavy atom. The summed E-state index contributed by atoms with van der Waals surface area (Å²) in [6.45, 7) is 5.28. The fourth-order valence-electron chi connectivity index (χ4n) is 2.39. The van der Waals surface area contributed by atoms with Gasteiger partial charge in [0.15, 0.2) is 0 Å². The van der Waals surface area contributed by atoms with Crippen LogP contribution in [0.15, 0.2) is 30.3 Å². The lowest BCUT2D eigenvalue weighted by Crippen LogP contribution is -2.17. The monoisotopic (exact) mass is 261 g/mol. The zero-order valence-corrected chi connectivity index (χ0v) is 11.3. The number of halogens is 2. The Kier molecular flexibility index (Phi) is 3.67. The Balaban J connectivity index is 2.56. The average molecular weight is 261 g/mol. The first-order valence-corrected chi connectivity index (χ1v) is 6.19. The zero-order chi connectivity index (χ0) is 14.2. The lowest BCUT2D eigenvalue weighted by molar-refractivity contribution is 0.569. The van der Waals surface area contributed by atoms with Gasteiger partial charge >= 0.3 is 0 Å².